The van der Waals surface area contributed by atoms with Crippen molar-refractivity contribution in [3.05, 3.63) is 0 Å². The third-order valence-corrected chi connectivity index (χ3v) is 3.64. The number of halogens is 1. The minimum Gasteiger partial charge on any atom is -0.379 e. The Morgan fingerprint density at radius 2 is 1.85 bits per heavy atom. The van der Waals surface area contributed by atoms with E-state index in [9.17, 15) is 8.42 Å². The van der Waals surface area contributed by atoms with E-state index in [1.807, 2.05) is 0 Å². The van der Waals surface area contributed by atoms with Crippen molar-refractivity contribution in [1.82, 2.24) is 4.31 Å². The van der Waals surface area contributed by atoms with Crippen LogP contribution >= 0.6 is 12.4 Å². The van der Waals surface area contributed by atoms with E-state index in [-0.39, 0.29) is 24.7 Å². The van der Waals surface area contributed by atoms with Crippen LogP contribution in [0, 0.1) is 0 Å². The molecule has 0 unspecified atom stereocenters. The summed E-state index contributed by atoms with van der Waals surface area (Å²) in [5.41, 5.74) is 5.18. The summed E-state index contributed by atoms with van der Waals surface area (Å²) in [6.07, 6.45) is 0. The minimum atomic E-state index is -3.11. The molecular formula is C6H15ClN2O3S. The standard InChI is InChI=1S/C6H14N2O3S.ClH/c7-1-6-12(9,10)8-2-4-11-5-3-8;/h1-7H2;1H. The number of hydrogen-bond acceptors (Lipinski definition) is 4. The molecule has 1 rings (SSSR count). The summed E-state index contributed by atoms with van der Waals surface area (Å²) in [6.45, 7) is 2.08. The number of nitrogens with two attached hydrogens (primary N) is 1. The van der Waals surface area contributed by atoms with Gasteiger partial charge in [-0.3, -0.25) is 0 Å². The maximum absolute atomic E-state index is 11.4. The second kappa shape index (κ2) is 5.77. The van der Waals surface area contributed by atoms with Gasteiger partial charge in [0, 0.05) is 19.6 Å². The fourth-order valence-corrected chi connectivity index (χ4v) is 2.36. The summed E-state index contributed by atoms with van der Waals surface area (Å²) in [6, 6.07) is 0. The number of hydrogen-bond donors (Lipinski definition) is 1. The lowest BCUT2D eigenvalue weighted by Crippen LogP contribution is -2.42. The van der Waals surface area contributed by atoms with Crippen LogP contribution in [-0.2, 0) is 14.8 Å². The zero-order valence-electron chi connectivity index (χ0n) is 7.31. The Morgan fingerprint density at radius 3 is 2.31 bits per heavy atom. The van der Waals surface area contributed by atoms with Gasteiger partial charge in [0.05, 0.1) is 19.0 Å². The van der Waals surface area contributed by atoms with Gasteiger partial charge < -0.3 is 10.5 Å². The Bertz CT molecular complexity index is 226. The summed E-state index contributed by atoms with van der Waals surface area (Å²) in [5, 5.41) is 0. The summed E-state index contributed by atoms with van der Waals surface area (Å²) >= 11 is 0. The van der Waals surface area contributed by atoms with E-state index in [1.54, 1.807) is 0 Å². The monoisotopic (exact) mass is 230 g/mol. The molecule has 0 spiro atoms. The lowest BCUT2D eigenvalue weighted by atomic mass is 10.5. The van der Waals surface area contributed by atoms with Gasteiger partial charge >= 0.3 is 0 Å². The molecule has 5 nitrogen and oxygen atoms in total. The first kappa shape index (κ1) is 13.1. The van der Waals surface area contributed by atoms with E-state index in [0.29, 0.717) is 26.3 Å². The maximum Gasteiger partial charge on any atom is 0.215 e. The Hall–Kier alpha value is 0.120. The lowest BCUT2D eigenvalue weighted by Gasteiger charge is -2.25. The zero-order valence-corrected chi connectivity index (χ0v) is 8.94. The molecule has 0 bridgehead atoms. The second-order valence-corrected chi connectivity index (χ2v) is 4.70. The van der Waals surface area contributed by atoms with E-state index in [2.05, 4.69) is 0 Å². The van der Waals surface area contributed by atoms with Crippen molar-refractivity contribution in [2.45, 2.75) is 0 Å². The van der Waals surface area contributed by atoms with Gasteiger partial charge in [-0.15, -0.1) is 12.4 Å². The molecular weight excluding hydrogens is 216 g/mol. The highest BCUT2D eigenvalue weighted by Crippen LogP contribution is 2.04. The molecule has 80 valence electrons. The first-order valence-corrected chi connectivity index (χ1v) is 5.53. The summed E-state index contributed by atoms with van der Waals surface area (Å²) in [4.78, 5) is 0. The lowest BCUT2D eigenvalue weighted by molar-refractivity contribution is 0.0731. The van der Waals surface area contributed by atoms with Gasteiger partial charge in [-0.05, 0) is 0 Å². The average Bonchev–Trinajstić information content (AvgIpc) is 2.06. The number of ether oxygens (including phenoxy) is 1. The Labute approximate surface area is 84.7 Å². The van der Waals surface area contributed by atoms with Gasteiger partial charge in [0.25, 0.3) is 0 Å². The van der Waals surface area contributed by atoms with E-state index in [1.165, 1.54) is 4.31 Å². The molecule has 7 heteroatoms. The third kappa shape index (κ3) is 3.78. The van der Waals surface area contributed by atoms with Crippen LogP contribution in [0.5, 0.6) is 0 Å². The molecule has 2 N–H and O–H groups in total. The Balaban J connectivity index is 0.00000144. The van der Waals surface area contributed by atoms with Crippen LogP contribution in [-0.4, -0.2) is 51.3 Å². The zero-order chi connectivity index (χ0) is 9.03. The predicted molar refractivity (Wildman–Crippen MR) is 52.5 cm³/mol. The maximum atomic E-state index is 11.4. The molecule has 0 aliphatic carbocycles. The van der Waals surface area contributed by atoms with Crippen molar-refractivity contribution < 1.29 is 13.2 Å². The summed E-state index contributed by atoms with van der Waals surface area (Å²) in [7, 11) is -3.11. The topological polar surface area (TPSA) is 72.6 Å². The molecule has 0 aromatic carbocycles. The van der Waals surface area contributed by atoms with Crippen molar-refractivity contribution in [1.29, 1.82) is 0 Å². The van der Waals surface area contributed by atoms with Crippen LogP contribution in [0.3, 0.4) is 0 Å². The first-order valence-electron chi connectivity index (χ1n) is 3.92. The molecule has 0 aromatic heterocycles. The Kier molecular flexibility index (Phi) is 5.82. The van der Waals surface area contributed by atoms with Gasteiger partial charge in [0.15, 0.2) is 0 Å². The van der Waals surface area contributed by atoms with Crippen LogP contribution in [0.1, 0.15) is 0 Å². The van der Waals surface area contributed by atoms with Gasteiger partial charge in [-0.1, -0.05) is 0 Å². The van der Waals surface area contributed by atoms with Crippen LogP contribution < -0.4 is 5.73 Å². The highest BCUT2D eigenvalue weighted by atomic mass is 35.5. The number of rotatable bonds is 3. The van der Waals surface area contributed by atoms with Crippen LogP contribution in [0.15, 0.2) is 0 Å². The van der Waals surface area contributed by atoms with Crippen molar-refractivity contribution in [2.75, 3.05) is 38.6 Å². The molecule has 0 radical (unpaired) electrons. The van der Waals surface area contributed by atoms with E-state index < -0.39 is 10.0 Å². The third-order valence-electron chi connectivity index (χ3n) is 1.74. The van der Waals surface area contributed by atoms with Crippen molar-refractivity contribution in [2.24, 2.45) is 5.73 Å². The Morgan fingerprint density at radius 1 is 1.31 bits per heavy atom. The van der Waals surface area contributed by atoms with E-state index in [0.717, 1.165) is 0 Å². The fraction of sp³-hybridized carbons (Fsp3) is 1.00. The molecule has 1 aliphatic rings. The normalized spacial score (nSPS) is 19.5. The summed E-state index contributed by atoms with van der Waals surface area (Å²) in [5.74, 6) is 0.0347. The molecule has 13 heavy (non-hydrogen) atoms. The SMILES string of the molecule is Cl.NCCS(=O)(=O)N1CCOCC1. The molecule has 1 fully saturated rings. The van der Waals surface area contributed by atoms with Crippen molar-refractivity contribution in [3.63, 3.8) is 0 Å². The van der Waals surface area contributed by atoms with Crippen molar-refractivity contribution >= 4 is 22.4 Å². The predicted octanol–water partition coefficient (Wildman–Crippen LogP) is -0.971. The van der Waals surface area contributed by atoms with Crippen molar-refractivity contribution in [3.8, 4) is 0 Å². The molecule has 0 saturated carbocycles. The fourth-order valence-electron chi connectivity index (χ4n) is 1.10. The second-order valence-electron chi connectivity index (χ2n) is 2.62. The first-order chi connectivity index (χ1) is 5.67. The van der Waals surface area contributed by atoms with Gasteiger partial charge in [-0.25, -0.2) is 8.42 Å². The van der Waals surface area contributed by atoms with E-state index in [4.69, 9.17) is 10.5 Å². The van der Waals surface area contributed by atoms with E-state index >= 15 is 0 Å². The van der Waals surface area contributed by atoms with Gasteiger partial charge in [0.1, 0.15) is 0 Å². The number of morpholine rings is 1. The number of nitrogens with zero attached hydrogens (tertiary/aromatic N) is 1. The van der Waals surface area contributed by atoms with Crippen LogP contribution in [0.2, 0.25) is 0 Å². The average molecular weight is 231 g/mol. The summed E-state index contributed by atoms with van der Waals surface area (Å²) < 4.78 is 29.2. The molecule has 1 saturated heterocycles. The highest BCUT2D eigenvalue weighted by molar-refractivity contribution is 7.89. The minimum absolute atomic E-state index is 0. The molecule has 1 aliphatic heterocycles. The van der Waals surface area contributed by atoms with Crippen LogP contribution in [0.4, 0.5) is 0 Å². The largest absolute Gasteiger partial charge is 0.379 e. The smallest absolute Gasteiger partial charge is 0.215 e. The van der Waals surface area contributed by atoms with Crippen LogP contribution in [0.25, 0.3) is 0 Å². The number of sulfonamides is 1. The van der Waals surface area contributed by atoms with Gasteiger partial charge in [0.2, 0.25) is 10.0 Å². The molecule has 0 atom stereocenters. The van der Waals surface area contributed by atoms with Gasteiger partial charge in [-0.2, -0.15) is 4.31 Å². The molecule has 1 heterocycles. The molecule has 0 amide bonds. The molecule has 0 aromatic rings. The highest BCUT2D eigenvalue weighted by Gasteiger charge is 2.22. The quantitative estimate of drug-likeness (QED) is 0.677.